The molecule has 94 valence electrons. The molecule has 5 heteroatoms. The topological polar surface area (TPSA) is 28.7 Å². The van der Waals surface area contributed by atoms with Gasteiger partial charge in [-0.3, -0.25) is 0 Å². The van der Waals surface area contributed by atoms with E-state index in [4.69, 9.17) is 23.8 Å². The third-order valence-corrected chi connectivity index (χ3v) is 3.31. The van der Waals surface area contributed by atoms with Crippen LogP contribution in [0.15, 0.2) is 24.5 Å². The molecular weight excluding hydrogens is 271 g/mol. The highest BCUT2D eigenvalue weighted by atomic mass is 35.5. The minimum absolute atomic E-state index is 0.207. The highest BCUT2D eigenvalue weighted by Gasteiger charge is 2.14. The Kier molecular flexibility index (Phi) is 3.78. The molecule has 0 unspecified atom stereocenters. The molecule has 2 aromatic rings. The summed E-state index contributed by atoms with van der Waals surface area (Å²) in [4.78, 5) is 7.13. The van der Waals surface area contributed by atoms with E-state index in [0.717, 1.165) is 16.8 Å². The van der Waals surface area contributed by atoms with Crippen LogP contribution in [0.1, 0.15) is 25.3 Å². The molecule has 0 spiro atoms. The normalized spacial score (nSPS) is 10.9. The Morgan fingerprint density at radius 1 is 1.39 bits per heavy atom. The Hall–Kier alpha value is -1.26. The number of nitrogens with zero attached hydrogens (tertiary/aromatic N) is 1. The number of halogens is 2. The van der Waals surface area contributed by atoms with Crippen molar-refractivity contribution in [2.45, 2.75) is 19.8 Å². The standard InChI is InChI=1S/C13H12ClFN2S/c1-7(2)11-12(16-6-17-13(11)18)9-4-3-8(15)5-10(9)14/h3-7H,1-2H3,(H,16,17,18). The summed E-state index contributed by atoms with van der Waals surface area (Å²) in [5.41, 5.74) is 2.45. The molecule has 0 saturated heterocycles. The lowest BCUT2D eigenvalue weighted by molar-refractivity contribution is 0.628. The Morgan fingerprint density at radius 2 is 2.11 bits per heavy atom. The number of hydrogen-bond acceptors (Lipinski definition) is 2. The first-order chi connectivity index (χ1) is 8.50. The van der Waals surface area contributed by atoms with Gasteiger partial charge in [-0.25, -0.2) is 9.37 Å². The third-order valence-electron chi connectivity index (χ3n) is 2.67. The molecule has 0 saturated carbocycles. The van der Waals surface area contributed by atoms with E-state index in [-0.39, 0.29) is 11.7 Å². The maximum Gasteiger partial charge on any atom is 0.133 e. The number of rotatable bonds is 2. The smallest absolute Gasteiger partial charge is 0.133 e. The molecule has 1 aromatic carbocycles. The summed E-state index contributed by atoms with van der Waals surface area (Å²) in [6, 6.07) is 4.31. The largest absolute Gasteiger partial charge is 0.345 e. The molecule has 1 heterocycles. The third kappa shape index (κ3) is 2.44. The van der Waals surface area contributed by atoms with Gasteiger partial charge in [-0.1, -0.05) is 37.7 Å². The van der Waals surface area contributed by atoms with Crippen LogP contribution in [-0.2, 0) is 0 Å². The van der Waals surface area contributed by atoms with Crippen LogP contribution in [0.3, 0.4) is 0 Å². The van der Waals surface area contributed by atoms with E-state index in [1.807, 2.05) is 13.8 Å². The summed E-state index contributed by atoms with van der Waals surface area (Å²) < 4.78 is 13.6. The fourth-order valence-corrected chi connectivity index (χ4v) is 2.51. The van der Waals surface area contributed by atoms with Gasteiger partial charge in [-0.15, -0.1) is 0 Å². The van der Waals surface area contributed by atoms with Crippen molar-refractivity contribution in [1.29, 1.82) is 0 Å². The molecule has 18 heavy (non-hydrogen) atoms. The number of nitrogens with one attached hydrogen (secondary N) is 1. The molecule has 0 bridgehead atoms. The van der Waals surface area contributed by atoms with Gasteiger partial charge in [0.05, 0.1) is 17.0 Å². The second kappa shape index (κ2) is 5.16. The van der Waals surface area contributed by atoms with Crippen LogP contribution in [0.4, 0.5) is 4.39 Å². The van der Waals surface area contributed by atoms with Crippen LogP contribution in [0, 0.1) is 10.5 Å². The first-order valence-corrected chi connectivity index (χ1v) is 6.32. The predicted octanol–water partition coefficient (Wildman–Crippen LogP) is 4.72. The highest BCUT2D eigenvalue weighted by molar-refractivity contribution is 7.71. The number of H-pyrrole nitrogens is 1. The van der Waals surface area contributed by atoms with Gasteiger partial charge in [0.25, 0.3) is 0 Å². The number of aromatic nitrogens is 2. The van der Waals surface area contributed by atoms with E-state index in [2.05, 4.69) is 9.97 Å². The quantitative estimate of drug-likeness (QED) is 0.807. The summed E-state index contributed by atoms with van der Waals surface area (Å²) in [5, 5.41) is 0.355. The van der Waals surface area contributed by atoms with Gasteiger partial charge in [-0.2, -0.15) is 0 Å². The van der Waals surface area contributed by atoms with E-state index in [1.165, 1.54) is 18.5 Å². The Labute approximate surface area is 115 Å². The van der Waals surface area contributed by atoms with Gasteiger partial charge < -0.3 is 4.98 Å². The van der Waals surface area contributed by atoms with E-state index < -0.39 is 0 Å². The van der Waals surface area contributed by atoms with Crippen molar-refractivity contribution in [1.82, 2.24) is 9.97 Å². The first kappa shape index (κ1) is 13.2. The van der Waals surface area contributed by atoms with Crippen LogP contribution in [0.2, 0.25) is 5.02 Å². The molecule has 1 N–H and O–H groups in total. The summed E-state index contributed by atoms with van der Waals surface area (Å²) in [6.45, 7) is 4.06. The molecule has 0 atom stereocenters. The molecule has 2 nitrogen and oxygen atoms in total. The predicted molar refractivity (Wildman–Crippen MR) is 73.9 cm³/mol. The molecular formula is C13H12ClFN2S. The number of benzene rings is 1. The van der Waals surface area contributed by atoms with Crippen LogP contribution in [0.5, 0.6) is 0 Å². The van der Waals surface area contributed by atoms with Crippen molar-refractivity contribution in [3.8, 4) is 11.3 Å². The van der Waals surface area contributed by atoms with Crippen molar-refractivity contribution >= 4 is 23.8 Å². The van der Waals surface area contributed by atoms with Crippen molar-refractivity contribution in [2.24, 2.45) is 0 Å². The van der Waals surface area contributed by atoms with Gasteiger partial charge in [0.1, 0.15) is 10.5 Å². The van der Waals surface area contributed by atoms with Gasteiger partial charge in [0, 0.05) is 11.1 Å². The Bertz CT molecular complexity index is 637. The second-order valence-electron chi connectivity index (χ2n) is 4.28. The fraction of sp³-hybridized carbons (Fsp3) is 0.231. The number of hydrogen-bond donors (Lipinski definition) is 1. The second-order valence-corrected chi connectivity index (χ2v) is 5.07. The maximum atomic E-state index is 13.1. The zero-order chi connectivity index (χ0) is 13.3. The van der Waals surface area contributed by atoms with Crippen molar-refractivity contribution in [2.75, 3.05) is 0 Å². The van der Waals surface area contributed by atoms with Gasteiger partial charge in [0.2, 0.25) is 0 Å². The summed E-state index contributed by atoms with van der Waals surface area (Å²) in [7, 11) is 0. The lowest BCUT2D eigenvalue weighted by atomic mass is 9.99. The van der Waals surface area contributed by atoms with Crippen molar-refractivity contribution in [3.63, 3.8) is 0 Å². The molecule has 0 aliphatic heterocycles. The first-order valence-electron chi connectivity index (χ1n) is 5.53. The molecule has 0 radical (unpaired) electrons. The molecule has 1 aromatic heterocycles. The zero-order valence-electron chi connectivity index (χ0n) is 10.00. The summed E-state index contributed by atoms with van der Waals surface area (Å²) in [5.74, 6) is -0.152. The molecule has 0 aliphatic carbocycles. The van der Waals surface area contributed by atoms with Crippen molar-refractivity contribution in [3.05, 3.63) is 45.6 Å². The van der Waals surface area contributed by atoms with E-state index >= 15 is 0 Å². The lowest BCUT2D eigenvalue weighted by Gasteiger charge is -2.13. The lowest BCUT2D eigenvalue weighted by Crippen LogP contribution is -1.99. The summed E-state index contributed by atoms with van der Waals surface area (Å²) >= 11 is 11.3. The molecule has 0 aliphatic rings. The number of aromatic amines is 1. The fourth-order valence-electron chi connectivity index (χ4n) is 1.86. The monoisotopic (exact) mass is 282 g/mol. The van der Waals surface area contributed by atoms with Crippen LogP contribution < -0.4 is 0 Å². The van der Waals surface area contributed by atoms with Crippen LogP contribution >= 0.6 is 23.8 Å². The minimum Gasteiger partial charge on any atom is -0.345 e. The molecule has 0 fully saturated rings. The van der Waals surface area contributed by atoms with Gasteiger partial charge in [-0.05, 0) is 24.1 Å². The highest BCUT2D eigenvalue weighted by Crippen LogP contribution is 2.32. The van der Waals surface area contributed by atoms with Gasteiger partial charge >= 0.3 is 0 Å². The average molecular weight is 283 g/mol. The van der Waals surface area contributed by atoms with E-state index in [0.29, 0.717) is 9.66 Å². The van der Waals surface area contributed by atoms with Crippen LogP contribution in [0.25, 0.3) is 11.3 Å². The minimum atomic E-state index is -0.359. The SMILES string of the molecule is CC(C)c1c(-c2ccc(F)cc2Cl)[nH]cnc1=S. The van der Waals surface area contributed by atoms with Crippen molar-refractivity contribution < 1.29 is 4.39 Å². The Balaban J connectivity index is 2.71. The van der Waals surface area contributed by atoms with Crippen LogP contribution in [-0.4, -0.2) is 9.97 Å². The maximum absolute atomic E-state index is 13.1. The zero-order valence-corrected chi connectivity index (χ0v) is 11.6. The van der Waals surface area contributed by atoms with E-state index in [1.54, 1.807) is 6.07 Å². The average Bonchev–Trinajstić information content (AvgIpc) is 2.28. The van der Waals surface area contributed by atoms with Gasteiger partial charge in [0.15, 0.2) is 0 Å². The Morgan fingerprint density at radius 3 is 2.72 bits per heavy atom. The van der Waals surface area contributed by atoms with E-state index in [9.17, 15) is 4.39 Å². The summed E-state index contributed by atoms with van der Waals surface area (Å²) in [6.07, 6.45) is 1.53. The molecule has 0 amide bonds. The molecule has 2 rings (SSSR count).